The SMILES string of the molecule is O=S(=O)(c1ccc(OCCC(O)COc2ccc(S(=O)(=O)c3ccc(OCC4CO4)cc3)cc2)cc1)c1ccc(OCC2CO2)cc1. The third kappa shape index (κ3) is 8.82. The molecular formula is C34H34O11S2. The Morgan fingerprint density at radius 1 is 0.553 bits per heavy atom. The normalized spacial score (nSPS) is 17.8. The Morgan fingerprint density at radius 2 is 0.872 bits per heavy atom. The van der Waals surface area contributed by atoms with Crippen LogP contribution in [0.5, 0.6) is 23.0 Å². The van der Waals surface area contributed by atoms with Crippen molar-refractivity contribution in [2.45, 2.75) is 44.3 Å². The van der Waals surface area contributed by atoms with Crippen LogP contribution in [0.15, 0.2) is 117 Å². The van der Waals surface area contributed by atoms with E-state index < -0.39 is 25.8 Å². The van der Waals surface area contributed by atoms with Gasteiger partial charge in [-0.25, -0.2) is 16.8 Å². The topological polar surface area (TPSA) is 150 Å². The fourth-order valence-electron chi connectivity index (χ4n) is 4.43. The number of epoxide rings is 2. The van der Waals surface area contributed by atoms with Crippen molar-refractivity contribution >= 4 is 19.7 Å². The summed E-state index contributed by atoms with van der Waals surface area (Å²) in [6, 6.07) is 24.5. The lowest BCUT2D eigenvalue weighted by Crippen LogP contribution is -2.20. The van der Waals surface area contributed by atoms with Crippen LogP contribution in [0.4, 0.5) is 0 Å². The lowest BCUT2D eigenvalue weighted by Gasteiger charge is -2.14. The first-order valence-corrected chi connectivity index (χ1v) is 18.0. The minimum atomic E-state index is -3.73. The molecule has 1 N–H and O–H groups in total. The van der Waals surface area contributed by atoms with Crippen LogP contribution >= 0.6 is 0 Å². The number of aliphatic hydroxyl groups excluding tert-OH is 1. The molecule has 47 heavy (non-hydrogen) atoms. The molecule has 2 fully saturated rings. The van der Waals surface area contributed by atoms with Crippen molar-refractivity contribution in [1.82, 2.24) is 0 Å². The number of hydrogen-bond acceptors (Lipinski definition) is 11. The highest BCUT2D eigenvalue weighted by Gasteiger charge is 2.24. The van der Waals surface area contributed by atoms with Crippen LogP contribution in [0.25, 0.3) is 0 Å². The van der Waals surface area contributed by atoms with Crippen molar-refractivity contribution < 1.29 is 50.4 Å². The van der Waals surface area contributed by atoms with E-state index in [1.54, 1.807) is 36.4 Å². The van der Waals surface area contributed by atoms with Crippen molar-refractivity contribution in [3.8, 4) is 23.0 Å². The zero-order chi connectivity index (χ0) is 32.9. The Balaban J connectivity index is 0.930. The van der Waals surface area contributed by atoms with Gasteiger partial charge in [0, 0.05) is 6.42 Å². The molecule has 3 unspecified atom stereocenters. The van der Waals surface area contributed by atoms with Crippen molar-refractivity contribution in [2.75, 3.05) is 39.6 Å². The van der Waals surface area contributed by atoms with Gasteiger partial charge in [0.15, 0.2) is 0 Å². The van der Waals surface area contributed by atoms with E-state index in [-0.39, 0.29) is 51.4 Å². The van der Waals surface area contributed by atoms with Crippen LogP contribution in [-0.4, -0.2) is 79.9 Å². The molecule has 3 atom stereocenters. The molecule has 0 aromatic heterocycles. The summed E-state index contributed by atoms with van der Waals surface area (Å²) in [5.74, 6) is 2.00. The molecule has 0 bridgehead atoms. The Bertz CT molecular complexity index is 1830. The minimum Gasteiger partial charge on any atom is -0.493 e. The van der Waals surface area contributed by atoms with E-state index in [1.165, 1.54) is 60.7 Å². The first kappa shape index (κ1) is 32.8. The van der Waals surface area contributed by atoms with Crippen LogP contribution in [0.1, 0.15) is 6.42 Å². The van der Waals surface area contributed by atoms with Crippen LogP contribution in [0.2, 0.25) is 0 Å². The maximum absolute atomic E-state index is 13.0. The van der Waals surface area contributed by atoms with Crippen molar-refractivity contribution in [1.29, 1.82) is 0 Å². The Kier molecular flexibility index (Phi) is 9.99. The lowest BCUT2D eigenvalue weighted by molar-refractivity contribution is 0.0857. The Hall–Kier alpha value is -4.14. The van der Waals surface area contributed by atoms with Crippen molar-refractivity contribution in [3.05, 3.63) is 97.1 Å². The summed E-state index contributed by atoms with van der Waals surface area (Å²) in [6.07, 6.45) is -0.383. The van der Waals surface area contributed by atoms with Gasteiger partial charge in [-0.15, -0.1) is 0 Å². The Labute approximate surface area is 273 Å². The predicted molar refractivity (Wildman–Crippen MR) is 169 cm³/mol. The molecule has 4 aromatic rings. The van der Waals surface area contributed by atoms with Gasteiger partial charge in [0.25, 0.3) is 0 Å². The van der Waals surface area contributed by atoms with E-state index in [2.05, 4.69) is 0 Å². The maximum atomic E-state index is 13.0. The second kappa shape index (κ2) is 14.3. The van der Waals surface area contributed by atoms with Crippen LogP contribution < -0.4 is 18.9 Å². The molecule has 0 amide bonds. The van der Waals surface area contributed by atoms with Crippen molar-refractivity contribution in [2.24, 2.45) is 0 Å². The van der Waals surface area contributed by atoms with Crippen LogP contribution in [0, 0.1) is 0 Å². The molecule has 2 heterocycles. The molecular weight excluding hydrogens is 648 g/mol. The fraction of sp³-hybridized carbons (Fsp3) is 0.294. The molecule has 0 radical (unpaired) electrons. The lowest BCUT2D eigenvalue weighted by atomic mass is 10.3. The highest BCUT2D eigenvalue weighted by molar-refractivity contribution is 7.91. The molecule has 0 aliphatic carbocycles. The minimum absolute atomic E-state index is 0.0296. The predicted octanol–water partition coefficient (Wildman–Crippen LogP) is 4.12. The molecule has 13 heteroatoms. The molecule has 4 aromatic carbocycles. The van der Waals surface area contributed by atoms with Gasteiger partial charge in [-0.1, -0.05) is 0 Å². The van der Waals surface area contributed by atoms with Gasteiger partial charge in [-0.3, -0.25) is 0 Å². The number of sulfone groups is 2. The summed E-state index contributed by atoms with van der Waals surface area (Å²) in [6.45, 7) is 2.36. The summed E-state index contributed by atoms with van der Waals surface area (Å²) in [7, 11) is -7.46. The zero-order valence-electron chi connectivity index (χ0n) is 25.3. The largest absolute Gasteiger partial charge is 0.493 e. The summed E-state index contributed by atoms with van der Waals surface area (Å²) in [5.41, 5.74) is 0. The number of benzene rings is 4. The summed E-state index contributed by atoms with van der Waals surface area (Å²) in [5, 5.41) is 10.4. The first-order chi connectivity index (χ1) is 22.7. The molecule has 0 spiro atoms. The van der Waals surface area contributed by atoms with Gasteiger partial charge >= 0.3 is 0 Å². The van der Waals surface area contributed by atoms with E-state index in [4.69, 9.17) is 28.4 Å². The monoisotopic (exact) mass is 682 g/mol. The highest BCUT2D eigenvalue weighted by atomic mass is 32.2. The fourth-order valence-corrected chi connectivity index (χ4v) is 6.95. The van der Waals surface area contributed by atoms with Gasteiger partial charge in [0.2, 0.25) is 19.7 Å². The first-order valence-electron chi connectivity index (χ1n) is 15.0. The molecule has 6 rings (SSSR count). The van der Waals surface area contributed by atoms with Gasteiger partial charge in [0.05, 0.1) is 45.5 Å². The quantitative estimate of drug-likeness (QED) is 0.160. The van der Waals surface area contributed by atoms with E-state index in [0.29, 0.717) is 49.4 Å². The summed E-state index contributed by atoms with van der Waals surface area (Å²) < 4.78 is 84.7. The van der Waals surface area contributed by atoms with Crippen LogP contribution in [-0.2, 0) is 29.1 Å². The molecule has 2 aliphatic heterocycles. The number of rotatable bonds is 17. The number of aliphatic hydroxyl groups is 1. The highest BCUT2D eigenvalue weighted by Crippen LogP contribution is 2.27. The van der Waals surface area contributed by atoms with E-state index >= 15 is 0 Å². The third-order valence-corrected chi connectivity index (χ3v) is 10.9. The molecule has 11 nitrogen and oxygen atoms in total. The van der Waals surface area contributed by atoms with Gasteiger partial charge in [0.1, 0.15) is 55.0 Å². The number of ether oxygens (including phenoxy) is 6. The summed E-state index contributed by atoms with van der Waals surface area (Å²) in [4.78, 5) is 0.528. The van der Waals surface area contributed by atoms with Crippen molar-refractivity contribution in [3.63, 3.8) is 0 Å². The average Bonchev–Trinajstić information content (AvgIpc) is 4.03. The zero-order valence-corrected chi connectivity index (χ0v) is 26.9. The maximum Gasteiger partial charge on any atom is 0.206 e. The molecule has 0 saturated carbocycles. The molecule has 2 aliphatic rings. The third-order valence-electron chi connectivity index (χ3n) is 7.37. The average molecular weight is 683 g/mol. The number of hydrogen-bond donors (Lipinski definition) is 1. The van der Waals surface area contributed by atoms with Crippen LogP contribution in [0.3, 0.4) is 0 Å². The van der Waals surface area contributed by atoms with Gasteiger partial charge in [-0.2, -0.15) is 0 Å². The van der Waals surface area contributed by atoms with Gasteiger partial charge < -0.3 is 33.5 Å². The smallest absolute Gasteiger partial charge is 0.206 e. The molecule has 2 saturated heterocycles. The second-order valence-electron chi connectivity index (χ2n) is 11.0. The standard InChI is InChI=1S/C34H34O11S2/c35-24(19-41-26-3-11-32(12-4-26)47(38,39)34-15-7-28(8-16-34)43-21-30-23-45-30)17-18-40-25-1-9-31(10-2-25)46(36,37)33-13-5-27(6-14-33)42-20-29-22-44-29/h1-16,24,29-30,35H,17-23H2. The summed E-state index contributed by atoms with van der Waals surface area (Å²) >= 11 is 0. The van der Waals surface area contributed by atoms with Gasteiger partial charge in [-0.05, 0) is 97.1 Å². The van der Waals surface area contributed by atoms with E-state index in [1.807, 2.05) is 0 Å². The second-order valence-corrected chi connectivity index (χ2v) is 14.9. The van der Waals surface area contributed by atoms with E-state index in [9.17, 15) is 21.9 Å². The van der Waals surface area contributed by atoms with E-state index in [0.717, 1.165) is 0 Å². The molecule has 248 valence electrons. The Morgan fingerprint density at radius 3 is 1.21 bits per heavy atom.